The van der Waals surface area contributed by atoms with Gasteiger partial charge in [-0.05, 0) is 37.0 Å². The van der Waals surface area contributed by atoms with Gasteiger partial charge in [0.15, 0.2) is 5.96 Å². The third-order valence-electron chi connectivity index (χ3n) is 4.70. The van der Waals surface area contributed by atoms with Crippen LogP contribution in [0.1, 0.15) is 24.8 Å². The number of likely N-dealkylation sites (tertiary alicyclic amines) is 1. The van der Waals surface area contributed by atoms with Crippen molar-refractivity contribution in [2.24, 2.45) is 4.99 Å². The van der Waals surface area contributed by atoms with Gasteiger partial charge in [-0.15, -0.1) is 0 Å². The molecule has 0 atom stereocenters. The van der Waals surface area contributed by atoms with Crippen molar-refractivity contribution >= 4 is 11.6 Å². The van der Waals surface area contributed by atoms with Crippen LogP contribution in [-0.4, -0.2) is 71.5 Å². The van der Waals surface area contributed by atoms with E-state index < -0.39 is 0 Å². The molecule has 0 unspecified atom stereocenters. The maximum Gasteiger partial charge on any atom is 0.193 e. The molecule has 0 spiro atoms. The molecule has 1 heterocycles. The second-order valence-electron chi connectivity index (χ2n) is 6.87. The summed E-state index contributed by atoms with van der Waals surface area (Å²) in [5, 5.41) is 3.48. The van der Waals surface area contributed by atoms with Crippen LogP contribution in [0, 0.1) is 0 Å². The lowest BCUT2D eigenvalue weighted by Gasteiger charge is -2.34. The topological polar surface area (TPSA) is 49.3 Å². The van der Waals surface area contributed by atoms with Gasteiger partial charge >= 0.3 is 0 Å². The van der Waals surface area contributed by atoms with Crippen LogP contribution in [0.15, 0.2) is 29.3 Å². The van der Waals surface area contributed by atoms with Crippen molar-refractivity contribution in [3.05, 3.63) is 29.8 Å². The zero-order valence-corrected chi connectivity index (χ0v) is 16.7. The third-order valence-corrected chi connectivity index (χ3v) is 4.70. The van der Waals surface area contributed by atoms with E-state index in [0.717, 1.165) is 58.1 Å². The number of nitrogens with one attached hydrogen (secondary N) is 1. The minimum absolute atomic E-state index is 0.361. The van der Waals surface area contributed by atoms with Gasteiger partial charge in [0.25, 0.3) is 0 Å². The molecule has 26 heavy (non-hydrogen) atoms. The molecule has 0 radical (unpaired) electrons. The lowest BCUT2D eigenvalue weighted by molar-refractivity contribution is 0.00989. The summed E-state index contributed by atoms with van der Waals surface area (Å²) in [6.45, 7) is 4.30. The van der Waals surface area contributed by atoms with Crippen molar-refractivity contribution in [2.45, 2.75) is 31.9 Å². The smallest absolute Gasteiger partial charge is 0.193 e. The van der Waals surface area contributed by atoms with Gasteiger partial charge in [0, 0.05) is 66.8 Å². The highest BCUT2D eigenvalue weighted by Crippen LogP contribution is 2.15. The van der Waals surface area contributed by atoms with E-state index in [9.17, 15) is 0 Å². The van der Waals surface area contributed by atoms with Crippen molar-refractivity contribution in [1.82, 2.24) is 10.2 Å². The molecular weight excluding hydrogens is 328 g/mol. The predicted octanol–water partition coefficient (Wildman–Crippen LogP) is 2.35. The van der Waals surface area contributed by atoms with Crippen LogP contribution in [0.4, 0.5) is 5.69 Å². The van der Waals surface area contributed by atoms with Gasteiger partial charge in [0.2, 0.25) is 0 Å². The van der Waals surface area contributed by atoms with Crippen LogP contribution < -0.4 is 10.2 Å². The summed E-state index contributed by atoms with van der Waals surface area (Å²) in [5.41, 5.74) is 2.47. The molecule has 0 amide bonds. The average molecular weight is 363 g/mol. The van der Waals surface area contributed by atoms with Crippen LogP contribution in [0.2, 0.25) is 0 Å². The van der Waals surface area contributed by atoms with E-state index in [1.54, 1.807) is 7.11 Å². The van der Waals surface area contributed by atoms with Crippen LogP contribution in [0.5, 0.6) is 0 Å². The molecular formula is C20H34N4O2. The molecule has 1 fully saturated rings. The van der Waals surface area contributed by atoms with Gasteiger partial charge in [-0.3, -0.25) is 4.99 Å². The zero-order chi connectivity index (χ0) is 18.8. The van der Waals surface area contributed by atoms with E-state index >= 15 is 0 Å². The van der Waals surface area contributed by atoms with Crippen LogP contribution in [0.3, 0.4) is 0 Å². The van der Waals surface area contributed by atoms with E-state index in [1.165, 1.54) is 11.3 Å². The predicted molar refractivity (Wildman–Crippen MR) is 108 cm³/mol. The van der Waals surface area contributed by atoms with E-state index in [-0.39, 0.29) is 0 Å². The molecule has 2 rings (SSSR count). The summed E-state index contributed by atoms with van der Waals surface area (Å²) in [5.74, 6) is 0.972. The minimum Gasteiger partial charge on any atom is -0.385 e. The number of benzene rings is 1. The molecule has 146 valence electrons. The van der Waals surface area contributed by atoms with E-state index in [4.69, 9.17) is 9.47 Å². The number of aliphatic imine (C=N–C) groups is 1. The Bertz CT molecular complexity index is 537. The molecule has 0 aromatic heterocycles. The van der Waals surface area contributed by atoms with Crippen molar-refractivity contribution in [3.8, 4) is 0 Å². The molecule has 6 nitrogen and oxygen atoms in total. The largest absolute Gasteiger partial charge is 0.385 e. The third kappa shape index (κ3) is 6.50. The summed E-state index contributed by atoms with van der Waals surface area (Å²) in [7, 11) is 7.69. The fraction of sp³-hybridized carbons (Fsp3) is 0.650. The molecule has 0 bridgehead atoms. The number of methoxy groups -OCH3 is 1. The van der Waals surface area contributed by atoms with E-state index in [1.807, 2.05) is 7.05 Å². The Morgan fingerprint density at radius 1 is 1.19 bits per heavy atom. The number of anilines is 1. The maximum atomic E-state index is 5.94. The van der Waals surface area contributed by atoms with Gasteiger partial charge in [-0.1, -0.05) is 12.1 Å². The summed E-state index contributed by atoms with van der Waals surface area (Å²) in [6.07, 6.45) is 3.42. The number of ether oxygens (including phenoxy) is 2. The molecule has 1 aliphatic heterocycles. The molecule has 6 heteroatoms. The lowest BCUT2D eigenvalue weighted by atomic mass is 10.1. The lowest BCUT2D eigenvalue weighted by Crippen LogP contribution is -2.46. The first-order valence-electron chi connectivity index (χ1n) is 9.46. The fourth-order valence-corrected chi connectivity index (χ4v) is 3.11. The Balaban J connectivity index is 1.74. The maximum absolute atomic E-state index is 5.94. The Morgan fingerprint density at radius 3 is 2.46 bits per heavy atom. The summed E-state index contributed by atoms with van der Waals surface area (Å²) < 4.78 is 11.0. The first kappa shape index (κ1) is 20.5. The summed E-state index contributed by atoms with van der Waals surface area (Å²) in [4.78, 5) is 8.88. The normalized spacial score (nSPS) is 16.0. The number of hydrogen-bond donors (Lipinski definition) is 1. The summed E-state index contributed by atoms with van der Waals surface area (Å²) in [6, 6.07) is 8.61. The first-order chi connectivity index (χ1) is 12.6. The number of nitrogens with zero attached hydrogens (tertiary/aromatic N) is 3. The average Bonchev–Trinajstić information content (AvgIpc) is 2.67. The molecule has 1 aromatic rings. The number of hydrogen-bond acceptors (Lipinski definition) is 4. The Labute approximate surface area is 158 Å². The zero-order valence-electron chi connectivity index (χ0n) is 16.7. The Morgan fingerprint density at radius 2 is 1.88 bits per heavy atom. The number of rotatable bonds is 8. The van der Waals surface area contributed by atoms with Crippen molar-refractivity contribution in [2.75, 3.05) is 59.5 Å². The molecule has 0 aliphatic carbocycles. The molecule has 0 saturated carbocycles. The van der Waals surface area contributed by atoms with Gasteiger partial charge < -0.3 is 24.6 Å². The minimum atomic E-state index is 0.361. The highest BCUT2D eigenvalue weighted by Gasteiger charge is 2.21. The standard InChI is InChI=1S/C20H34N4O2/c1-21-20(22-16-17-6-8-18(9-7-17)23(2)3)24-12-10-19(11-13-24)26-15-5-14-25-4/h6-9,19H,5,10-16H2,1-4H3,(H,21,22). The monoisotopic (exact) mass is 362 g/mol. The van der Waals surface area contributed by atoms with Gasteiger partial charge in [-0.25, -0.2) is 0 Å². The number of guanidine groups is 1. The van der Waals surface area contributed by atoms with Crippen molar-refractivity contribution < 1.29 is 9.47 Å². The highest BCUT2D eigenvalue weighted by atomic mass is 16.5. The van der Waals surface area contributed by atoms with Crippen LogP contribution in [-0.2, 0) is 16.0 Å². The fourth-order valence-electron chi connectivity index (χ4n) is 3.11. The first-order valence-corrected chi connectivity index (χ1v) is 9.46. The second-order valence-corrected chi connectivity index (χ2v) is 6.87. The van der Waals surface area contributed by atoms with Gasteiger partial charge in [-0.2, -0.15) is 0 Å². The molecule has 1 aliphatic rings. The van der Waals surface area contributed by atoms with E-state index in [0.29, 0.717) is 6.10 Å². The van der Waals surface area contributed by atoms with Crippen molar-refractivity contribution in [3.63, 3.8) is 0 Å². The van der Waals surface area contributed by atoms with Gasteiger partial charge in [0.1, 0.15) is 0 Å². The quantitative estimate of drug-likeness (QED) is 0.437. The SMILES string of the molecule is CN=C(NCc1ccc(N(C)C)cc1)N1CCC(OCCCOC)CC1. The van der Waals surface area contributed by atoms with Gasteiger partial charge in [0.05, 0.1) is 6.10 Å². The second kappa shape index (κ2) is 11.0. The van der Waals surface area contributed by atoms with E-state index in [2.05, 4.69) is 58.5 Å². The van der Waals surface area contributed by atoms with Crippen LogP contribution in [0.25, 0.3) is 0 Å². The van der Waals surface area contributed by atoms with Crippen LogP contribution >= 0.6 is 0 Å². The molecule has 1 N–H and O–H groups in total. The number of piperidine rings is 1. The summed E-state index contributed by atoms with van der Waals surface area (Å²) >= 11 is 0. The Kier molecular flexibility index (Phi) is 8.71. The van der Waals surface area contributed by atoms with Crippen molar-refractivity contribution in [1.29, 1.82) is 0 Å². The molecule has 1 aromatic carbocycles. The highest BCUT2D eigenvalue weighted by molar-refractivity contribution is 5.80. The molecule has 1 saturated heterocycles. The Hall–Kier alpha value is -1.79.